The lowest BCUT2D eigenvalue weighted by atomic mass is 10.0. The zero-order valence-electron chi connectivity index (χ0n) is 16.9. The molecular formula is C23H17ClN4O4. The lowest BCUT2D eigenvalue weighted by Gasteiger charge is -2.15. The molecule has 1 aromatic heterocycles. The Bertz CT molecular complexity index is 1260. The number of rotatable bonds is 6. The van der Waals surface area contributed by atoms with Crippen LogP contribution in [0.5, 0.6) is 0 Å². The van der Waals surface area contributed by atoms with Crippen molar-refractivity contribution in [2.45, 2.75) is 13.5 Å². The molecule has 4 rings (SSSR count). The van der Waals surface area contributed by atoms with Crippen molar-refractivity contribution in [2.75, 3.05) is 5.32 Å². The average Bonchev–Trinajstić information content (AvgIpc) is 3.00. The van der Waals surface area contributed by atoms with E-state index in [9.17, 15) is 19.7 Å². The van der Waals surface area contributed by atoms with Crippen molar-refractivity contribution >= 4 is 40.4 Å². The van der Waals surface area contributed by atoms with E-state index in [-0.39, 0.29) is 23.5 Å². The van der Waals surface area contributed by atoms with Crippen LogP contribution in [-0.4, -0.2) is 26.6 Å². The number of nitro benzene ring substituents is 1. The van der Waals surface area contributed by atoms with Crippen molar-refractivity contribution in [3.63, 3.8) is 0 Å². The second kappa shape index (κ2) is 8.60. The molecule has 0 unspecified atom stereocenters. The largest absolute Gasteiger partial charge is 0.350 e. The molecule has 0 saturated heterocycles. The van der Waals surface area contributed by atoms with Gasteiger partial charge in [-0.3, -0.25) is 29.6 Å². The Labute approximate surface area is 188 Å². The molecule has 1 N–H and O–H groups in total. The average molecular weight is 449 g/mol. The number of hydrogen-bond donors (Lipinski definition) is 1. The van der Waals surface area contributed by atoms with Gasteiger partial charge in [-0.25, -0.2) is 0 Å². The molecule has 0 spiro atoms. The van der Waals surface area contributed by atoms with Crippen molar-refractivity contribution in [1.29, 1.82) is 0 Å². The first-order valence-corrected chi connectivity index (χ1v) is 10.0. The van der Waals surface area contributed by atoms with Gasteiger partial charge in [0.1, 0.15) is 5.70 Å². The second-order valence-corrected chi connectivity index (χ2v) is 7.63. The van der Waals surface area contributed by atoms with Gasteiger partial charge in [-0.15, -0.1) is 0 Å². The highest BCUT2D eigenvalue weighted by molar-refractivity contribution is 6.36. The van der Waals surface area contributed by atoms with Crippen LogP contribution in [0.1, 0.15) is 16.7 Å². The minimum absolute atomic E-state index is 0.0484. The smallest absolute Gasteiger partial charge is 0.278 e. The fourth-order valence-corrected chi connectivity index (χ4v) is 3.66. The number of nitro groups is 1. The maximum Gasteiger partial charge on any atom is 0.278 e. The Balaban J connectivity index is 1.77. The van der Waals surface area contributed by atoms with Gasteiger partial charge < -0.3 is 5.32 Å². The number of carbonyl (C=O) groups is 2. The SMILES string of the molecule is Cc1cc(Cl)ccc1NC1=C(c2ccc([N+](=O)[O-])cc2)C(=O)N(Cc2cccnc2)C1=O. The molecule has 2 heterocycles. The highest BCUT2D eigenvalue weighted by Gasteiger charge is 2.39. The molecule has 1 aliphatic rings. The van der Waals surface area contributed by atoms with Crippen LogP contribution < -0.4 is 5.32 Å². The highest BCUT2D eigenvalue weighted by atomic mass is 35.5. The summed E-state index contributed by atoms with van der Waals surface area (Å²) >= 11 is 6.03. The Kier molecular flexibility index (Phi) is 5.70. The summed E-state index contributed by atoms with van der Waals surface area (Å²) in [5.41, 5.74) is 2.63. The van der Waals surface area contributed by atoms with E-state index >= 15 is 0 Å². The summed E-state index contributed by atoms with van der Waals surface area (Å²) in [6, 6.07) is 14.2. The first-order valence-electron chi connectivity index (χ1n) is 9.62. The van der Waals surface area contributed by atoms with Gasteiger partial charge in [0, 0.05) is 35.2 Å². The molecular weight excluding hydrogens is 432 g/mol. The minimum Gasteiger partial charge on any atom is -0.350 e. The molecule has 2 amide bonds. The summed E-state index contributed by atoms with van der Waals surface area (Å²) < 4.78 is 0. The monoisotopic (exact) mass is 448 g/mol. The van der Waals surface area contributed by atoms with Gasteiger partial charge in [0.05, 0.1) is 17.0 Å². The number of carbonyl (C=O) groups excluding carboxylic acids is 2. The number of aryl methyl sites for hydroxylation is 1. The summed E-state index contributed by atoms with van der Waals surface area (Å²) in [7, 11) is 0. The van der Waals surface area contributed by atoms with Crippen LogP contribution in [0, 0.1) is 17.0 Å². The van der Waals surface area contributed by atoms with Gasteiger partial charge in [-0.05, 0) is 60.0 Å². The number of non-ortho nitro benzene ring substituents is 1. The fraction of sp³-hybridized carbons (Fsp3) is 0.0870. The number of benzene rings is 2. The number of amides is 2. The fourth-order valence-electron chi connectivity index (χ4n) is 3.43. The second-order valence-electron chi connectivity index (χ2n) is 7.20. The lowest BCUT2D eigenvalue weighted by Crippen LogP contribution is -2.32. The number of hydrogen-bond acceptors (Lipinski definition) is 6. The van der Waals surface area contributed by atoms with Gasteiger partial charge >= 0.3 is 0 Å². The molecule has 0 atom stereocenters. The van der Waals surface area contributed by atoms with Crippen LogP contribution in [0.25, 0.3) is 5.57 Å². The maximum absolute atomic E-state index is 13.3. The first kappa shape index (κ1) is 21.2. The van der Waals surface area contributed by atoms with Crippen molar-refractivity contribution in [3.8, 4) is 0 Å². The molecule has 3 aromatic rings. The molecule has 0 radical (unpaired) electrons. The highest BCUT2D eigenvalue weighted by Crippen LogP contribution is 2.33. The molecule has 0 aliphatic carbocycles. The maximum atomic E-state index is 13.3. The number of nitrogens with one attached hydrogen (secondary N) is 1. The van der Waals surface area contributed by atoms with Crippen molar-refractivity contribution in [2.24, 2.45) is 0 Å². The van der Waals surface area contributed by atoms with Crippen molar-refractivity contribution < 1.29 is 14.5 Å². The third-order valence-electron chi connectivity index (χ3n) is 5.05. The van der Waals surface area contributed by atoms with Gasteiger partial charge in [0.25, 0.3) is 17.5 Å². The summed E-state index contributed by atoms with van der Waals surface area (Å²) in [5.74, 6) is -0.997. The molecule has 0 fully saturated rings. The summed E-state index contributed by atoms with van der Waals surface area (Å²) in [5, 5.41) is 14.6. The molecule has 32 heavy (non-hydrogen) atoms. The van der Waals surface area contributed by atoms with E-state index in [1.165, 1.54) is 24.3 Å². The Morgan fingerprint density at radius 3 is 2.47 bits per heavy atom. The van der Waals surface area contributed by atoms with Crippen LogP contribution in [0.4, 0.5) is 11.4 Å². The standard InChI is InChI=1S/C23H17ClN4O4/c1-14-11-17(24)6-9-19(14)26-21-20(16-4-7-18(8-5-16)28(31)32)22(29)27(23(21)30)13-15-3-2-10-25-12-15/h2-12,26H,13H2,1H3. The Morgan fingerprint density at radius 2 is 1.84 bits per heavy atom. The van der Waals surface area contributed by atoms with E-state index in [0.29, 0.717) is 21.8 Å². The van der Waals surface area contributed by atoms with Crippen LogP contribution in [0.3, 0.4) is 0 Å². The van der Waals surface area contributed by atoms with Crippen LogP contribution in [0.2, 0.25) is 5.02 Å². The number of imide groups is 1. The van der Waals surface area contributed by atoms with E-state index in [4.69, 9.17) is 11.6 Å². The quantitative estimate of drug-likeness (QED) is 0.341. The van der Waals surface area contributed by atoms with E-state index in [2.05, 4.69) is 10.3 Å². The normalized spacial score (nSPS) is 13.6. The molecule has 0 bridgehead atoms. The number of halogens is 1. The number of pyridine rings is 1. The molecule has 160 valence electrons. The zero-order valence-corrected chi connectivity index (χ0v) is 17.7. The van der Waals surface area contributed by atoms with Gasteiger partial charge in [-0.2, -0.15) is 0 Å². The van der Waals surface area contributed by atoms with Crippen LogP contribution in [-0.2, 0) is 16.1 Å². The molecule has 9 heteroatoms. The Hall–Kier alpha value is -4.04. The predicted octanol–water partition coefficient (Wildman–Crippen LogP) is 4.34. The van der Waals surface area contributed by atoms with Crippen LogP contribution >= 0.6 is 11.6 Å². The molecule has 2 aromatic carbocycles. The summed E-state index contributed by atoms with van der Waals surface area (Å²) in [6.07, 6.45) is 3.19. The first-order chi connectivity index (χ1) is 15.3. The number of aromatic nitrogens is 1. The molecule has 1 aliphatic heterocycles. The molecule has 0 saturated carbocycles. The van der Waals surface area contributed by atoms with Crippen molar-refractivity contribution in [3.05, 3.63) is 105 Å². The van der Waals surface area contributed by atoms with Gasteiger partial charge in [0.2, 0.25) is 0 Å². The van der Waals surface area contributed by atoms with E-state index in [1.807, 2.05) is 6.92 Å². The van der Waals surface area contributed by atoms with Crippen LogP contribution in [0.15, 0.2) is 72.7 Å². The predicted molar refractivity (Wildman–Crippen MR) is 120 cm³/mol. The Morgan fingerprint density at radius 1 is 1.09 bits per heavy atom. The van der Waals surface area contributed by atoms with Crippen molar-refractivity contribution in [1.82, 2.24) is 9.88 Å². The summed E-state index contributed by atoms with van der Waals surface area (Å²) in [4.78, 5) is 42.2. The van der Waals surface area contributed by atoms with E-state index < -0.39 is 16.7 Å². The lowest BCUT2D eigenvalue weighted by molar-refractivity contribution is -0.384. The van der Waals surface area contributed by atoms with Gasteiger partial charge in [0.15, 0.2) is 0 Å². The molecule has 8 nitrogen and oxygen atoms in total. The third kappa shape index (κ3) is 4.08. The van der Waals surface area contributed by atoms with E-state index in [1.54, 1.807) is 42.7 Å². The third-order valence-corrected chi connectivity index (χ3v) is 5.28. The number of nitrogens with zero attached hydrogens (tertiary/aromatic N) is 3. The van der Waals surface area contributed by atoms with E-state index in [0.717, 1.165) is 10.5 Å². The topological polar surface area (TPSA) is 105 Å². The zero-order chi connectivity index (χ0) is 22.8. The summed E-state index contributed by atoms with van der Waals surface area (Å²) in [6.45, 7) is 1.88. The van der Waals surface area contributed by atoms with Gasteiger partial charge in [-0.1, -0.05) is 17.7 Å². The minimum atomic E-state index is -0.523. The number of anilines is 1.